The fourth-order valence-corrected chi connectivity index (χ4v) is 2.93. The van der Waals surface area contributed by atoms with Crippen LogP contribution >= 0.6 is 11.3 Å². The van der Waals surface area contributed by atoms with Gasteiger partial charge in [0.15, 0.2) is 0 Å². The largest absolute Gasteiger partial charge is 0.152 e. The lowest BCUT2D eigenvalue weighted by atomic mass is 10.0. The van der Waals surface area contributed by atoms with Crippen LogP contribution in [0.5, 0.6) is 0 Å². The molecular formula is C16H24S. The highest BCUT2D eigenvalue weighted by Gasteiger charge is 2.03. The fourth-order valence-electron chi connectivity index (χ4n) is 2.00. The molecule has 0 aliphatic heterocycles. The molecule has 94 valence electrons. The second-order valence-corrected chi connectivity index (χ2v) is 5.23. The van der Waals surface area contributed by atoms with Gasteiger partial charge in [-0.3, -0.25) is 0 Å². The Labute approximate surface area is 110 Å². The molecule has 0 spiro atoms. The van der Waals surface area contributed by atoms with Gasteiger partial charge in [-0.15, -0.1) is 13.2 Å². The van der Waals surface area contributed by atoms with Gasteiger partial charge in [-0.1, -0.05) is 12.2 Å². The first kappa shape index (κ1) is 14.2. The number of rotatable bonds is 10. The minimum absolute atomic E-state index is 1.15. The first-order chi connectivity index (χ1) is 8.38. The highest BCUT2D eigenvalue weighted by Crippen LogP contribution is 2.20. The summed E-state index contributed by atoms with van der Waals surface area (Å²) in [6.45, 7) is 7.53. The number of allylic oxidation sites excluding steroid dienone is 2. The van der Waals surface area contributed by atoms with Crippen molar-refractivity contribution in [3.8, 4) is 0 Å². The van der Waals surface area contributed by atoms with E-state index < -0.39 is 0 Å². The average Bonchev–Trinajstić information content (AvgIpc) is 2.78. The van der Waals surface area contributed by atoms with Crippen LogP contribution in [0.1, 0.15) is 49.7 Å². The standard InChI is InChI=1S/C16H24S/c1-3-5-7-9-11-15-13-17-14-16(15)12-10-8-6-4-2/h3-4,13-14H,1-2,5-12H2. The van der Waals surface area contributed by atoms with E-state index in [1.165, 1.54) is 38.5 Å². The van der Waals surface area contributed by atoms with E-state index in [1.54, 1.807) is 11.1 Å². The molecular weight excluding hydrogens is 224 g/mol. The molecule has 0 aliphatic carbocycles. The van der Waals surface area contributed by atoms with Gasteiger partial charge in [0.2, 0.25) is 0 Å². The van der Waals surface area contributed by atoms with Crippen molar-refractivity contribution in [2.24, 2.45) is 0 Å². The van der Waals surface area contributed by atoms with E-state index in [0.29, 0.717) is 0 Å². The maximum Gasteiger partial charge on any atom is -0.00584 e. The van der Waals surface area contributed by atoms with Crippen LogP contribution in [0.15, 0.2) is 36.1 Å². The molecule has 0 amide bonds. The molecule has 0 nitrogen and oxygen atoms in total. The van der Waals surface area contributed by atoms with Gasteiger partial charge in [-0.2, -0.15) is 11.3 Å². The summed E-state index contributed by atoms with van der Waals surface area (Å²) < 4.78 is 0. The number of thiophene rings is 1. The topological polar surface area (TPSA) is 0 Å². The zero-order valence-corrected chi connectivity index (χ0v) is 11.6. The summed E-state index contributed by atoms with van der Waals surface area (Å²) in [7, 11) is 0. The zero-order valence-electron chi connectivity index (χ0n) is 10.8. The van der Waals surface area contributed by atoms with Crippen LogP contribution in [0, 0.1) is 0 Å². The molecule has 0 saturated carbocycles. The highest BCUT2D eigenvalue weighted by atomic mass is 32.1. The summed E-state index contributed by atoms with van der Waals surface area (Å²) in [5.74, 6) is 0. The van der Waals surface area contributed by atoms with Crippen molar-refractivity contribution in [3.05, 3.63) is 47.2 Å². The molecule has 0 bridgehead atoms. The molecule has 0 N–H and O–H groups in total. The van der Waals surface area contributed by atoms with Gasteiger partial charge in [-0.25, -0.2) is 0 Å². The van der Waals surface area contributed by atoms with Gasteiger partial charge < -0.3 is 0 Å². The van der Waals surface area contributed by atoms with Crippen molar-refractivity contribution in [2.45, 2.75) is 51.4 Å². The SMILES string of the molecule is C=CCCCCc1cscc1CCCCC=C. The van der Waals surface area contributed by atoms with Crippen LogP contribution in [-0.2, 0) is 12.8 Å². The Kier molecular flexibility index (Phi) is 7.74. The maximum absolute atomic E-state index is 3.76. The van der Waals surface area contributed by atoms with E-state index in [4.69, 9.17) is 0 Å². The van der Waals surface area contributed by atoms with E-state index in [1.807, 2.05) is 23.5 Å². The molecule has 0 atom stereocenters. The van der Waals surface area contributed by atoms with Crippen LogP contribution in [0.4, 0.5) is 0 Å². The Morgan fingerprint density at radius 3 is 1.71 bits per heavy atom. The third kappa shape index (κ3) is 5.88. The molecule has 1 heterocycles. The average molecular weight is 248 g/mol. The van der Waals surface area contributed by atoms with Crippen molar-refractivity contribution in [1.82, 2.24) is 0 Å². The molecule has 1 aromatic rings. The van der Waals surface area contributed by atoms with Crippen molar-refractivity contribution in [2.75, 3.05) is 0 Å². The van der Waals surface area contributed by atoms with Crippen LogP contribution < -0.4 is 0 Å². The number of hydrogen-bond acceptors (Lipinski definition) is 1. The molecule has 1 rings (SSSR count). The van der Waals surface area contributed by atoms with Crippen LogP contribution in [0.3, 0.4) is 0 Å². The van der Waals surface area contributed by atoms with Gasteiger partial charge in [0.1, 0.15) is 0 Å². The molecule has 0 saturated heterocycles. The lowest BCUT2D eigenvalue weighted by Crippen LogP contribution is -1.91. The first-order valence-electron chi connectivity index (χ1n) is 6.64. The summed E-state index contributed by atoms with van der Waals surface area (Å²) in [6, 6.07) is 0. The minimum Gasteiger partial charge on any atom is -0.152 e. The summed E-state index contributed by atoms with van der Waals surface area (Å²) in [6.07, 6.45) is 14.0. The Morgan fingerprint density at radius 2 is 1.29 bits per heavy atom. The van der Waals surface area contributed by atoms with Crippen LogP contribution in [0.2, 0.25) is 0 Å². The van der Waals surface area contributed by atoms with Crippen molar-refractivity contribution in [1.29, 1.82) is 0 Å². The number of hydrogen-bond donors (Lipinski definition) is 0. The summed E-state index contributed by atoms with van der Waals surface area (Å²) in [4.78, 5) is 0. The Morgan fingerprint density at radius 1 is 0.824 bits per heavy atom. The van der Waals surface area contributed by atoms with E-state index in [-0.39, 0.29) is 0 Å². The second-order valence-electron chi connectivity index (χ2n) is 4.49. The smallest absolute Gasteiger partial charge is 0.00584 e. The molecule has 0 aliphatic rings. The number of aryl methyl sites for hydroxylation is 2. The summed E-state index contributed by atoms with van der Waals surface area (Å²) in [5, 5.41) is 4.66. The Bertz CT molecular complexity index is 292. The minimum atomic E-state index is 1.15. The normalized spacial score (nSPS) is 10.4. The molecule has 0 radical (unpaired) electrons. The van der Waals surface area contributed by atoms with Crippen molar-refractivity contribution < 1.29 is 0 Å². The fraction of sp³-hybridized carbons (Fsp3) is 0.500. The van der Waals surface area contributed by atoms with Gasteiger partial charge in [0.05, 0.1) is 0 Å². The van der Waals surface area contributed by atoms with Gasteiger partial charge in [0.25, 0.3) is 0 Å². The van der Waals surface area contributed by atoms with E-state index in [0.717, 1.165) is 12.8 Å². The molecule has 1 heteroatoms. The first-order valence-corrected chi connectivity index (χ1v) is 7.58. The van der Waals surface area contributed by atoms with Crippen LogP contribution in [0.25, 0.3) is 0 Å². The quantitative estimate of drug-likeness (QED) is 0.376. The maximum atomic E-state index is 3.76. The monoisotopic (exact) mass is 248 g/mol. The van der Waals surface area contributed by atoms with E-state index in [2.05, 4.69) is 23.9 Å². The van der Waals surface area contributed by atoms with Crippen molar-refractivity contribution >= 4 is 11.3 Å². The summed E-state index contributed by atoms with van der Waals surface area (Å²) >= 11 is 1.85. The zero-order chi connectivity index (χ0) is 12.3. The van der Waals surface area contributed by atoms with Gasteiger partial charge in [0, 0.05) is 0 Å². The third-order valence-electron chi connectivity index (χ3n) is 3.04. The lowest BCUT2D eigenvalue weighted by Gasteiger charge is -2.03. The van der Waals surface area contributed by atoms with Gasteiger partial charge >= 0.3 is 0 Å². The third-order valence-corrected chi connectivity index (χ3v) is 3.88. The molecule has 0 aromatic carbocycles. The summed E-state index contributed by atoms with van der Waals surface area (Å²) in [5.41, 5.74) is 3.16. The Hall–Kier alpha value is -0.820. The second kappa shape index (κ2) is 9.23. The van der Waals surface area contributed by atoms with E-state index in [9.17, 15) is 0 Å². The predicted octanol–water partition coefficient (Wildman–Crippen LogP) is 5.55. The van der Waals surface area contributed by atoms with E-state index >= 15 is 0 Å². The predicted molar refractivity (Wildman–Crippen MR) is 79.8 cm³/mol. The lowest BCUT2D eigenvalue weighted by molar-refractivity contribution is 0.722. The van der Waals surface area contributed by atoms with Crippen molar-refractivity contribution in [3.63, 3.8) is 0 Å². The Balaban J connectivity index is 2.26. The molecule has 0 unspecified atom stereocenters. The molecule has 1 aromatic heterocycles. The van der Waals surface area contributed by atoms with Gasteiger partial charge in [-0.05, 0) is 73.3 Å². The highest BCUT2D eigenvalue weighted by molar-refractivity contribution is 7.08. The molecule has 0 fully saturated rings. The molecule has 17 heavy (non-hydrogen) atoms. The van der Waals surface area contributed by atoms with Crippen LogP contribution in [-0.4, -0.2) is 0 Å². The number of unbranched alkanes of at least 4 members (excludes halogenated alkanes) is 4.